The molecule has 0 bridgehead atoms. The zero-order chi connectivity index (χ0) is 15.7. The van der Waals surface area contributed by atoms with E-state index in [2.05, 4.69) is 5.32 Å². The van der Waals surface area contributed by atoms with Crippen LogP contribution in [0, 0.1) is 0 Å². The first-order chi connectivity index (χ1) is 10.6. The van der Waals surface area contributed by atoms with Crippen LogP contribution in [0.25, 0.3) is 0 Å². The van der Waals surface area contributed by atoms with Gasteiger partial charge in [0.2, 0.25) is 5.91 Å². The van der Waals surface area contributed by atoms with Gasteiger partial charge in [-0.1, -0.05) is 6.92 Å². The number of hydrogen-bond donors (Lipinski definition) is 1. The smallest absolute Gasteiger partial charge is 0.283 e. The number of furan rings is 1. The highest BCUT2D eigenvalue weighted by molar-refractivity contribution is 7.86. The average Bonchev–Trinajstić information content (AvgIpc) is 3.17. The van der Waals surface area contributed by atoms with Crippen molar-refractivity contribution in [2.75, 3.05) is 19.6 Å². The van der Waals surface area contributed by atoms with Crippen LogP contribution in [0.15, 0.2) is 22.8 Å². The third-order valence-electron chi connectivity index (χ3n) is 4.34. The largest absolute Gasteiger partial charge is 0.468 e. The van der Waals surface area contributed by atoms with E-state index < -0.39 is 16.3 Å². The Morgan fingerprint density at radius 1 is 1.36 bits per heavy atom. The van der Waals surface area contributed by atoms with Gasteiger partial charge in [-0.05, 0) is 31.4 Å². The maximum absolute atomic E-state index is 13.0. The van der Waals surface area contributed by atoms with E-state index in [1.54, 1.807) is 18.4 Å². The van der Waals surface area contributed by atoms with Gasteiger partial charge in [-0.2, -0.15) is 17.0 Å². The van der Waals surface area contributed by atoms with Gasteiger partial charge in [0, 0.05) is 19.6 Å². The Morgan fingerprint density at radius 2 is 2.18 bits per heavy atom. The van der Waals surface area contributed by atoms with Crippen LogP contribution in [-0.4, -0.2) is 48.6 Å². The van der Waals surface area contributed by atoms with Crippen molar-refractivity contribution in [3.63, 3.8) is 0 Å². The van der Waals surface area contributed by atoms with Gasteiger partial charge in [-0.15, -0.1) is 0 Å². The Kier molecular flexibility index (Phi) is 4.24. The minimum atomic E-state index is -3.69. The fourth-order valence-electron chi connectivity index (χ4n) is 3.28. The van der Waals surface area contributed by atoms with E-state index >= 15 is 0 Å². The van der Waals surface area contributed by atoms with E-state index in [9.17, 15) is 13.2 Å². The number of rotatable bonds is 4. The molecule has 0 radical (unpaired) electrons. The van der Waals surface area contributed by atoms with Crippen LogP contribution in [0.2, 0.25) is 0 Å². The number of piperazine rings is 1. The Hall–Kier alpha value is -1.38. The molecule has 1 amide bonds. The molecule has 2 atom stereocenters. The number of hydrogen-bond acceptors (Lipinski definition) is 4. The van der Waals surface area contributed by atoms with Crippen molar-refractivity contribution in [1.29, 1.82) is 0 Å². The molecule has 122 valence electrons. The Morgan fingerprint density at radius 3 is 2.86 bits per heavy atom. The van der Waals surface area contributed by atoms with Gasteiger partial charge in [-0.3, -0.25) is 4.79 Å². The molecule has 0 aromatic carbocycles. The Bertz CT molecular complexity index is 629. The van der Waals surface area contributed by atoms with Crippen molar-refractivity contribution < 1.29 is 17.6 Å². The molecule has 2 aliphatic heterocycles. The summed E-state index contributed by atoms with van der Waals surface area (Å²) in [5.74, 6) is 0.446. The van der Waals surface area contributed by atoms with Gasteiger partial charge in [0.25, 0.3) is 10.2 Å². The van der Waals surface area contributed by atoms with Crippen molar-refractivity contribution in [2.24, 2.45) is 0 Å². The molecule has 2 saturated heterocycles. The predicted octanol–water partition coefficient (Wildman–Crippen LogP) is 0.872. The molecule has 1 aromatic heterocycles. The standard InChI is InChI=1S/C14H21N3O4S/c1-2-11-14(18)15-7-9-17(11)22(19,20)16-8-3-5-12(16)13-6-4-10-21-13/h4,6,10-12H,2-3,5,7-9H2,1H3,(H,15,18)/t11-,12+/m1/s1. The topological polar surface area (TPSA) is 82.9 Å². The molecular formula is C14H21N3O4S. The summed E-state index contributed by atoms with van der Waals surface area (Å²) < 4.78 is 34.3. The fraction of sp³-hybridized carbons (Fsp3) is 0.643. The van der Waals surface area contributed by atoms with Crippen LogP contribution in [0.1, 0.15) is 38.0 Å². The summed E-state index contributed by atoms with van der Waals surface area (Å²) in [6.45, 7) is 2.95. The summed E-state index contributed by atoms with van der Waals surface area (Å²) in [4.78, 5) is 12.0. The van der Waals surface area contributed by atoms with Crippen LogP contribution in [0.4, 0.5) is 0 Å². The summed E-state index contributed by atoms with van der Waals surface area (Å²) in [6.07, 6.45) is 3.55. The van der Waals surface area contributed by atoms with Gasteiger partial charge >= 0.3 is 0 Å². The molecule has 3 rings (SSSR count). The van der Waals surface area contributed by atoms with E-state index in [1.165, 1.54) is 8.61 Å². The lowest BCUT2D eigenvalue weighted by Crippen LogP contribution is -2.59. The zero-order valence-electron chi connectivity index (χ0n) is 12.6. The van der Waals surface area contributed by atoms with Gasteiger partial charge in [-0.25, -0.2) is 0 Å². The molecule has 0 saturated carbocycles. The maximum atomic E-state index is 13.0. The van der Waals surface area contributed by atoms with Gasteiger partial charge in [0.15, 0.2) is 0 Å². The van der Waals surface area contributed by atoms with E-state index in [-0.39, 0.29) is 11.9 Å². The first-order valence-corrected chi connectivity index (χ1v) is 9.05. The lowest BCUT2D eigenvalue weighted by molar-refractivity contribution is -0.126. The average molecular weight is 327 g/mol. The second kappa shape index (κ2) is 6.02. The van der Waals surface area contributed by atoms with Crippen LogP contribution in [0.3, 0.4) is 0 Å². The van der Waals surface area contributed by atoms with E-state index in [0.717, 1.165) is 12.8 Å². The summed E-state index contributed by atoms with van der Waals surface area (Å²) in [6, 6.07) is 2.67. The molecular weight excluding hydrogens is 306 g/mol. The van der Waals surface area contributed by atoms with Crippen molar-refractivity contribution in [2.45, 2.75) is 38.3 Å². The maximum Gasteiger partial charge on any atom is 0.283 e. The Balaban J connectivity index is 1.89. The second-order valence-corrected chi connectivity index (χ2v) is 7.45. The SMILES string of the molecule is CC[C@@H]1C(=O)NCCN1S(=O)(=O)N1CCC[C@H]1c1ccco1. The summed E-state index contributed by atoms with van der Waals surface area (Å²) >= 11 is 0. The highest BCUT2D eigenvalue weighted by Gasteiger charge is 2.44. The van der Waals surface area contributed by atoms with Crippen molar-refractivity contribution in [1.82, 2.24) is 13.9 Å². The van der Waals surface area contributed by atoms with Crippen LogP contribution < -0.4 is 5.32 Å². The molecule has 7 nitrogen and oxygen atoms in total. The summed E-state index contributed by atoms with van der Waals surface area (Å²) in [7, 11) is -3.69. The molecule has 1 N–H and O–H groups in total. The lowest BCUT2D eigenvalue weighted by Gasteiger charge is -2.37. The van der Waals surface area contributed by atoms with E-state index in [0.29, 0.717) is 31.8 Å². The number of nitrogens with one attached hydrogen (secondary N) is 1. The molecule has 22 heavy (non-hydrogen) atoms. The fourth-order valence-corrected chi connectivity index (χ4v) is 5.32. The van der Waals surface area contributed by atoms with Crippen molar-refractivity contribution in [3.05, 3.63) is 24.2 Å². The van der Waals surface area contributed by atoms with Gasteiger partial charge in [0.05, 0.1) is 12.3 Å². The number of amides is 1. The number of nitrogens with zero attached hydrogens (tertiary/aromatic N) is 2. The highest BCUT2D eigenvalue weighted by Crippen LogP contribution is 2.36. The molecule has 1 aromatic rings. The predicted molar refractivity (Wildman–Crippen MR) is 80.1 cm³/mol. The molecule has 2 fully saturated rings. The highest BCUT2D eigenvalue weighted by atomic mass is 32.2. The first kappa shape index (κ1) is 15.5. The number of carbonyl (C=O) groups is 1. The molecule has 8 heteroatoms. The molecule has 0 spiro atoms. The van der Waals surface area contributed by atoms with Crippen LogP contribution in [-0.2, 0) is 15.0 Å². The van der Waals surface area contributed by atoms with E-state index in [4.69, 9.17) is 4.42 Å². The molecule has 2 aliphatic rings. The Labute approximate surface area is 130 Å². The van der Waals surface area contributed by atoms with Crippen LogP contribution in [0.5, 0.6) is 0 Å². The molecule has 3 heterocycles. The van der Waals surface area contributed by atoms with Gasteiger partial charge < -0.3 is 9.73 Å². The first-order valence-electron chi connectivity index (χ1n) is 7.65. The molecule has 0 aliphatic carbocycles. The third kappa shape index (κ3) is 2.55. The number of carbonyl (C=O) groups excluding carboxylic acids is 1. The monoisotopic (exact) mass is 327 g/mol. The quantitative estimate of drug-likeness (QED) is 0.889. The summed E-state index contributed by atoms with van der Waals surface area (Å²) in [5.41, 5.74) is 0. The van der Waals surface area contributed by atoms with Crippen molar-refractivity contribution in [3.8, 4) is 0 Å². The molecule has 0 unspecified atom stereocenters. The third-order valence-corrected chi connectivity index (χ3v) is 6.40. The minimum absolute atomic E-state index is 0.217. The zero-order valence-corrected chi connectivity index (χ0v) is 13.4. The van der Waals surface area contributed by atoms with Gasteiger partial charge in [0.1, 0.15) is 11.8 Å². The normalized spacial score (nSPS) is 28.0. The minimum Gasteiger partial charge on any atom is -0.468 e. The lowest BCUT2D eigenvalue weighted by atomic mass is 10.2. The second-order valence-electron chi connectivity index (χ2n) is 5.62. The summed E-state index contributed by atoms with van der Waals surface area (Å²) in [5, 5.41) is 2.73. The van der Waals surface area contributed by atoms with Crippen LogP contribution >= 0.6 is 0 Å². The van der Waals surface area contributed by atoms with E-state index in [1.807, 2.05) is 6.92 Å². The van der Waals surface area contributed by atoms with Crippen molar-refractivity contribution >= 4 is 16.1 Å².